The number of nitrogens with two attached hydrogens (primary N) is 1. The summed E-state index contributed by atoms with van der Waals surface area (Å²) >= 11 is 0. The zero-order valence-electron chi connectivity index (χ0n) is 12.3. The standard InChI is InChI=1S/C16H25N3O/c1-2-19(12-16(20)18-10-13-7-8-13)11-15-6-4-3-5-14(15)9-17/h3-6,13H,2,7-12,17H2,1H3,(H,18,20). The summed E-state index contributed by atoms with van der Waals surface area (Å²) < 4.78 is 0. The first kappa shape index (κ1) is 15.0. The van der Waals surface area contributed by atoms with E-state index in [1.165, 1.54) is 18.4 Å². The zero-order chi connectivity index (χ0) is 14.4. The third kappa shape index (κ3) is 4.62. The second-order valence-corrected chi connectivity index (χ2v) is 5.52. The molecule has 3 N–H and O–H groups in total. The highest BCUT2D eigenvalue weighted by atomic mass is 16.2. The first-order chi connectivity index (χ1) is 9.72. The molecule has 2 rings (SSSR count). The summed E-state index contributed by atoms with van der Waals surface area (Å²) in [7, 11) is 0. The lowest BCUT2D eigenvalue weighted by Crippen LogP contribution is -2.37. The number of carbonyl (C=O) groups is 1. The zero-order valence-corrected chi connectivity index (χ0v) is 12.3. The van der Waals surface area contributed by atoms with E-state index in [9.17, 15) is 4.79 Å². The molecule has 1 aliphatic rings. The Morgan fingerprint density at radius 2 is 2.05 bits per heavy atom. The fourth-order valence-corrected chi connectivity index (χ4v) is 2.27. The molecule has 0 aliphatic heterocycles. The smallest absolute Gasteiger partial charge is 0.234 e. The fraction of sp³-hybridized carbons (Fsp3) is 0.562. The Bertz CT molecular complexity index is 443. The maximum Gasteiger partial charge on any atom is 0.234 e. The van der Waals surface area contributed by atoms with Gasteiger partial charge in [0.15, 0.2) is 0 Å². The molecule has 0 bridgehead atoms. The van der Waals surface area contributed by atoms with Crippen LogP contribution in [0, 0.1) is 5.92 Å². The Morgan fingerprint density at radius 3 is 2.65 bits per heavy atom. The number of amides is 1. The van der Waals surface area contributed by atoms with Crippen LogP contribution in [0.25, 0.3) is 0 Å². The highest BCUT2D eigenvalue weighted by molar-refractivity contribution is 5.78. The summed E-state index contributed by atoms with van der Waals surface area (Å²) in [6.45, 7) is 5.56. The predicted molar refractivity (Wildman–Crippen MR) is 81.0 cm³/mol. The lowest BCUT2D eigenvalue weighted by atomic mass is 10.1. The van der Waals surface area contributed by atoms with Gasteiger partial charge >= 0.3 is 0 Å². The molecule has 1 amide bonds. The van der Waals surface area contributed by atoms with Crippen LogP contribution >= 0.6 is 0 Å². The van der Waals surface area contributed by atoms with Gasteiger partial charge in [-0.3, -0.25) is 9.69 Å². The van der Waals surface area contributed by atoms with Crippen molar-refractivity contribution in [3.8, 4) is 0 Å². The quantitative estimate of drug-likeness (QED) is 0.756. The molecule has 1 saturated carbocycles. The van der Waals surface area contributed by atoms with Crippen molar-refractivity contribution in [1.29, 1.82) is 0 Å². The van der Waals surface area contributed by atoms with E-state index in [1.54, 1.807) is 0 Å². The van der Waals surface area contributed by atoms with Crippen LogP contribution in [0.4, 0.5) is 0 Å². The first-order valence-electron chi connectivity index (χ1n) is 7.48. The van der Waals surface area contributed by atoms with Crippen LogP contribution in [0.15, 0.2) is 24.3 Å². The fourth-order valence-electron chi connectivity index (χ4n) is 2.27. The number of likely N-dealkylation sites (N-methyl/N-ethyl adjacent to an activating group) is 1. The average Bonchev–Trinajstić information content (AvgIpc) is 3.29. The molecule has 4 heteroatoms. The number of carbonyl (C=O) groups excluding carboxylic acids is 1. The number of rotatable bonds is 8. The van der Waals surface area contributed by atoms with Crippen LogP contribution in [0.5, 0.6) is 0 Å². The van der Waals surface area contributed by atoms with Crippen LogP contribution in [-0.2, 0) is 17.9 Å². The summed E-state index contributed by atoms with van der Waals surface area (Å²) in [6, 6.07) is 8.17. The maximum absolute atomic E-state index is 11.9. The second kappa shape index (κ2) is 7.41. The van der Waals surface area contributed by atoms with Gasteiger partial charge in [0.25, 0.3) is 0 Å². The van der Waals surface area contributed by atoms with Gasteiger partial charge in [-0.25, -0.2) is 0 Å². The summed E-state index contributed by atoms with van der Waals surface area (Å²) in [4.78, 5) is 14.1. The molecule has 4 nitrogen and oxygen atoms in total. The van der Waals surface area contributed by atoms with E-state index in [4.69, 9.17) is 5.73 Å². The molecule has 0 aromatic heterocycles. The van der Waals surface area contributed by atoms with Crippen LogP contribution in [-0.4, -0.2) is 30.4 Å². The normalized spacial score (nSPS) is 14.6. The summed E-state index contributed by atoms with van der Waals surface area (Å²) in [6.07, 6.45) is 2.53. The second-order valence-electron chi connectivity index (χ2n) is 5.52. The van der Waals surface area contributed by atoms with Gasteiger partial charge in [0.2, 0.25) is 5.91 Å². The van der Waals surface area contributed by atoms with Crippen LogP contribution in [0.2, 0.25) is 0 Å². The number of benzene rings is 1. The van der Waals surface area contributed by atoms with Gasteiger partial charge in [0.1, 0.15) is 0 Å². The van der Waals surface area contributed by atoms with Crippen LogP contribution in [0.1, 0.15) is 30.9 Å². The minimum atomic E-state index is 0.129. The Kier molecular flexibility index (Phi) is 5.56. The Balaban J connectivity index is 1.85. The third-order valence-corrected chi connectivity index (χ3v) is 3.83. The molecular formula is C16H25N3O. The van der Waals surface area contributed by atoms with Crippen molar-refractivity contribution in [1.82, 2.24) is 10.2 Å². The third-order valence-electron chi connectivity index (χ3n) is 3.83. The molecule has 0 atom stereocenters. The minimum absolute atomic E-state index is 0.129. The van der Waals surface area contributed by atoms with Gasteiger partial charge in [-0.05, 0) is 36.4 Å². The van der Waals surface area contributed by atoms with Crippen molar-refractivity contribution in [2.24, 2.45) is 11.7 Å². The van der Waals surface area contributed by atoms with E-state index in [2.05, 4.69) is 29.3 Å². The molecule has 0 spiro atoms. The molecule has 0 unspecified atom stereocenters. The van der Waals surface area contributed by atoms with Crippen molar-refractivity contribution in [2.45, 2.75) is 32.9 Å². The molecular weight excluding hydrogens is 250 g/mol. The molecule has 0 heterocycles. The first-order valence-corrected chi connectivity index (χ1v) is 7.48. The Morgan fingerprint density at radius 1 is 1.35 bits per heavy atom. The van der Waals surface area contributed by atoms with E-state index >= 15 is 0 Å². The highest BCUT2D eigenvalue weighted by Crippen LogP contribution is 2.27. The molecule has 1 aromatic rings. The van der Waals surface area contributed by atoms with E-state index in [1.807, 2.05) is 12.1 Å². The van der Waals surface area contributed by atoms with Crippen molar-refractivity contribution < 1.29 is 4.79 Å². The van der Waals surface area contributed by atoms with Crippen LogP contribution < -0.4 is 11.1 Å². The van der Waals surface area contributed by atoms with Crippen molar-refractivity contribution in [2.75, 3.05) is 19.6 Å². The van der Waals surface area contributed by atoms with Gasteiger partial charge in [-0.15, -0.1) is 0 Å². The van der Waals surface area contributed by atoms with E-state index in [0.29, 0.717) is 13.1 Å². The molecule has 1 aliphatic carbocycles. The van der Waals surface area contributed by atoms with Gasteiger partial charge in [0, 0.05) is 19.6 Å². The average molecular weight is 275 g/mol. The van der Waals surface area contributed by atoms with Gasteiger partial charge in [-0.2, -0.15) is 0 Å². The number of nitrogens with zero attached hydrogens (tertiary/aromatic N) is 1. The van der Waals surface area contributed by atoms with Crippen LogP contribution in [0.3, 0.4) is 0 Å². The topological polar surface area (TPSA) is 58.4 Å². The number of nitrogens with one attached hydrogen (secondary N) is 1. The molecule has 0 radical (unpaired) electrons. The van der Waals surface area contributed by atoms with Gasteiger partial charge < -0.3 is 11.1 Å². The van der Waals surface area contributed by atoms with Crippen molar-refractivity contribution in [3.63, 3.8) is 0 Å². The minimum Gasteiger partial charge on any atom is -0.355 e. The Labute approximate surface area is 121 Å². The summed E-state index contributed by atoms with van der Waals surface area (Å²) in [5.74, 6) is 0.857. The molecule has 1 aromatic carbocycles. The molecule has 0 saturated heterocycles. The van der Waals surface area contributed by atoms with Gasteiger partial charge in [0.05, 0.1) is 6.54 Å². The van der Waals surface area contributed by atoms with E-state index in [0.717, 1.165) is 31.1 Å². The molecule has 110 valence electrons. The lowest BCUT2D eigenvalue weighted by molar-refractivity contribution is -0.122. The summed E-state index contributed by atoms with van der Waals surface area (Å²) in [5, 5.41) is 3.02. The monoisotopic (exact) mass is 275 g/mol. The lowest BCUT2D eigenvalue weighted by Gasteiger charge is -2.21. The molecule has 1 fully saturated rings. The maximum atomic E-state index is 11.9. The summed E-state index contributed by atoms with van der Waals surface area (Å²) in [5.41, 5.74) is 8.13. The van der Waals surface area contributed by atoms with Gasteiger partial charge in [-0.1, -0.05) is 31.2 Å². The number of hydrogen-bond donors (Lipinski definition) is 2. The number of hydrogen-bond acceptors (Lipinski definition) is 3. The largest absolute Gasteiger partial charge is 0.355 e. The SMILES string of the molecule is CCN(CC(=O)NCC1CC1)Cc1ccccc1CN. The predicted octanol–water partition coefficient (Wildman–Crippen LogP) is 1.49. The molecule has 20 heavy (non-hydrogen) atoms. The van der Waals surface area contributed by atoms with E-state index in [-0.39, 0.29) is 5.91 Å². The van der Waals surface area contributed by atoms with Crippen molar-refractivity contribution >= 4 is 5.91 Å². The van der Waals surface area contributed by atoms with Crippen molar-refractivity contribution in [3.05, 3.63) is 35.4 Å². The van der Waals surface area contributed by atoms with E-state index < -0.39 is 0 Å². The highest BCUT2D eigenvalue weighted by Gasteiger charge is 2.22. The Hall–Kier alpha value is -1.39.